The van der Waals surface area contributed by atoms with Gasteiger partial charge in [-0.15, -0.1) is 0 Å². The van der Waals surface area contributed by atoms with Gasteiger partial charge >= 0.3 is 0 Å². The molecule has 0 spiro atoms. The minimum atomic E-state index is 0.0854. The third-order valence-corrected chi connectivity index (χ3v) is 1.48. The third-order valence-electron chi connectivity index (χ3n) is 1.48. The Morgan fingerprint density at radius 3 is 2.23 bits per heavy atom. The summed E-state index contributed by atoms with van der Waals surface area (Å²) in [5.41, 5.74) is 0. The van der Waals surface area contributed by atoms with Gasteiger partial charge in [-0.05, 0) is 26.2 Å². The van der Waals surface area contributed by atoms with Crippen LogP contribution in [0.4, 0.5) is 0 Å². The Balaban J connectivity index is 2.87. The molecule has 0 aliphatic rings. The fourth-order valence-electron chi connectivity index (χ4n) is 0.871. The molecule has 0 N–H and O–H groups in total. The molecular weight excluding hydrogens is 168 g/mol. The molecule has 0 unspecified atom stereocenters. The number of Topliss-reactive ketones (excluding diaryl/α,β-unsaturated/α-hetero) is 1. The Hall–Kier alpha value is -0.410. The van der Waals surface area contributed by atoms with Crippen molar-refractivity contribution < 1.29 is 14.3 Å². The van der Waals surface area contributed by atoms with Gasteiger partial charge < -0.3 is 9.47 Å². The minimum absolute atomic E-state index is 0.0854. The highest BCUT2D eigenvalue weighted by Gasteiger charge is 1.93. The first kappa shape index (κ1) is 12.6. The molecule has 0 aliphatic heterocycles. The number of ketones is 1. The van der Waals surface area contributed by atoms with Crippen molar-refractivity contribution in [1.82, 2.24) is 0 Å². The molecule has 0 bridgehead atoms. The van der Waals surface area contributed by atoms with E-state index in [0.29, 0.717) is 6.61 Å². The number of carbonyl (C=O) groups excluding carboxylic acids is 1. The molecule has 3 nitrogen and oxygen atoms in total. The molecule has 3 heteroatoms. The lowest BCUT2D eigenvalue weighted by Crippen LogP contribution is -2.05. The molecule has 0 aliphatic carbocycles. The summed E-state index contributed by atoms with van der Waals surface area (Å²) < 4.78 is 10.4. The SMILES string of the molecule is CCCOCCCCOCC(C)=O. The molecule has 0 heterocycles. The topological polar surface area (TPSA) is 35.5 Å². The van der Waals surface area contributed by atoms with Gasteiger partial charge in [-0.2, -0.15) is 0 Å². The van der Waals surface area contributed by atoms with Gasteiger partial charge in [0.05, 0.1) is 0 Å². The van der Waals surface area contributed by atoms with Gasteiger partial charge in [-0.1, -0.05) is 6.92 Å². The maximum atomic E-state index is 10.5. The monoisotopic (exact) mass is 188 g/mol. The van der Waals surface area contributed by atoms with Crippen LogP contribution in [0.25, 0.3) is 0 Å². The van der Waals surface area contributed by atoms with Crippen molar-refractivity contribution in [3.8, 4) is 0 Å². The summed E-state index contributed by atoms with van der Waals surface area (Å²) in [6, 6.07) is 0. The molecule has 0 saturated carbocycles. The van der Waals surface area contributed by atoms with E-state index < -0.39 is 0 Å². The Kier molecular flexibility index (Phi) is 9.37. The Morgan fingerprint density at radius 1 is 1.08 bits per heavy atom. The highest BCUT2D eigenvalue weighted by atomic mass is 16.5. The quantitative estimate of drug-likeness (QED) is 0.517. The van der Waals surface area contributed by atoms with E-state index in [0.717, 1.165) is 32.5 Å². The molecule has 0 amide bonds. The van der Waals surface area contributed by atoms with Gasteiger partial charge in [-0.3, -0.25) is 4.79 Å². The van der Waals surface area contributed by atoms with Crippen molar-refractivity contribution in [2.45, 2.75) is 33.1 Å². The first-order valence-corrected chi connectivity index (χ1v) is 4.92. The number of rotatable bonds is 9. The van der Waals surface area contributed by atoms with E-state index >= 15 is 0 Å². The average molecular weight is 188 g/mol. The largest absolute Gasteiger partial charge is 0.381 e. The van der Waals surface area contributed by atoms with Crippen LogP contribution in [-0.4, -0.2) is 32.2 Å². The first-order valence-electron chi connectivity index (χ1n) is 4.92. The van der Waals surface area contributed by atoms with E-state index in [1.807, 2.05) is 0 Å². The van der Waals surface area contributed by atoms with Crippen molar-refractivity contribution in [3.63, 3.8) is 0 Å². The van der Waals surface area contributed by atoms with Crippen molar-refractivity contribution >= 4 is 5.78 Å². The maximum Gasteiger partial charge on any atom is 0.155 e. The van der Waals surface area contributed by atoms with E-state index in [-0.39, 0.29) is 12.4 Å². The smallest absolute Gasteiger partial charge is 0.155 e. The van der Waals surface area contributed by atoms with Gasteiger partial charge in [0.2, 0.25) is 0 Å². The zero-order valence-electron chi connectivity index (χ0n) is 8.67. The van der Waals surface area contributed by atoms with Crippen LogP contribution >= 0.6 is 0 Å². The van der Waals surface area contributed by atoms with E-state index in [1.54, 1.807) is 0 Å². The van der Waals surface area contributed by atoms with Gasteiger partial charge in [0.1, 0.15) is 6.61 Å². The highest BCUT2D eigenvalue weighted by Crippen LogP contribution is 1.92. The Morgan fingerprint density at radius 2 is 1.69 bits per heavy atom. The van der Waals surface area contributed by atoms with Gasteiger partial charge in [-0.25, -0.2) is 0 Å². The van der Waals surface area contributed by atoms with Gasteiger partial charge in [0, 0.05) is 19.8 Å². The lowest BCUT2D eigenvalue weighted by molar-refractivity contribution is -0.121. The molecule has 0 rings (SSSR count). The normalized spacial score (nSPS) is 10.3. The second kappa shape index (κ2) is 9.68. The summed E-state index contributed by atoms with van der Waals surface area (Å²) in [7, 11) is 0. The molecule has 0 saturated heterocycles. The van der Waals surface area contributed by atoms with Crippen LogP contribution in [0.1, 0.15) is 33.1 Å². The van der Waals surface area contributed by atoms with Crippen LogP contribution in [0.2, 0.25) is 0 Å². The molecule has 13 heavy (non-hydrogen) atoms. The number of hydrogen-bond acceptors (Lipinski definition) is 3. The van der Waals surface area contributed by atoms with Crippen molar-refractivity contribution in [1.29, 1.82) is 0 Å². The number of unbranched alkanes of at least 4 members (excludes halogenated alkanes) is 1. The van der Waals surface area contributed by atoms with Gasteiger partial charge in [0.15, 0.2) is 5.78 Å². The predicted octanol–water partition coefficient (Wildman–Crippen LogP) is 1.80. The maximum absolute atomic E-state index is 10.5. The fraction of sp³-hybridized carbons (Fsp3) is 0.900. The molecule has 0 aromatic carbocycles. The highest BCUT2D eigenvalue weighted by molar-refractivity contribution is 5.76. The van der Waals surface area contributed by atoms with Crippen LogP contribution in [-0.2, 0) is 14.3 Å². The lowest BCUT2D eigenvalue weighted by atomic mass is 10.3. The minimum Gasteiger partial charge on any atom is -0.381 e. The zero-order valence-corrected chi connectivity index (χ0v) is 8.67. The summed E-state index contributed by atoms with van der Waals surface area (Å²) in [6.07, 6.45) is 3.05. The molecule has 0 atom stereocenters. The summed E-state index contributed by atoms with van der Waals surface area (Å²) in [5.74, 6) is 0.0854. The first-order chi connectivity index (χ1) is 6.27. The second-order valence-corrected chi connectivity index (χ2v) is 3.07. The molecule has 0 radical (unpaired) electrons. The fourth-order valence-corrected chi connectivity index (χ4v) is 0.871. The van der Waals surface area contributed by atoms with Crippen LogP contribution < -0.4 is 0 Å². The van der Waals surface area contributed by atoms with Crippen LogP contribution in [0.3, 0.4) is 0 Å². The second-order valence-electron chi connectivity index (χ2n) is 3.07. The summed E-state index contributed by atoms with van der Waals surface area (Å²) in [5, 5.41) is 0. The third kappa shape index (κ3) is 11.6. The predicted molar refractivity (Wildman–Crippen MR) is 51.8 cm³/mol. The summed E-state index contributed by atoms with van der Waals surface area (Å²) in [4.78, 5) is 10.5. The van der Waals surface area contributed by atoms with Crippen molar-refractivity contribution in [2.75, 3.05) is 26.4 Å². The van der Waals surface area contributed by atoms with E-state index in [9.17, 15) is 4.79 Å². The molecule has 0 aromatic rings. The summed E-state index contributed by atoms with van der Waals surface area (Å²) >= 11 is 0. The molecule has 0 fully saturated rings. The summed E-state index contributed by atoms with van der Waals surface area (Å²) in [6.45, 7) is 6.18. The standard InChI is InChI=1S/C10H20O3/c1-3-6-12-7-4-5-8-13-9-10(2)11/h3-9H2,1-2H3. The van der Waals surface area contributed by atoms with Crippen molar-refractivity contribution in [3.05, 3.63) is 0 Å². The number of hydrogen-bond donors (Lipinski definition) is 0. The molecule has 78 valence electrons. The van der Waals surface area contributed by atoms with Crippen LogP contribution in [0.15, 0.2) is 0 Å². The molecule has 0 aromatic heterocycles. The Labute approximate surface area is 80.4 Å². The van der Waals surface area contributed by atoms with E-state index in [1.165, 1.54) is 6.92 Å². The zero-order chi connectivity index (χ0) is 9.94. The van der Waals surface area contributed by atoms with Crippen molar-refractivity contribution in [2.24, 2.45) is 0 Å². The van der Waals surface area contributed by atoms with Crippen LogP contribution in [0, 0.1) is 0 Å². The Bertz CT molecular complexity index is 123. The average Bonchev–Trinajstić information content (AvgIpc) is 2.09. The van der Waals surface area contributed by atoms with Gasteiger partial charge in [0.25, 0.3) is 0 Å². The number of carbonyl (C=O) groups is 1. The molecular formula is C10H20O3. The van der Waals surface area contributed by atoms with E-state index in [2.05, 4.69) is 6.92 Å². The van der Waals surface area contributed by atoms with E-state index in [4.69, 9.17) is 9.47 Å². The number of ether oxygens (including phenoxy) is 2. The lowest BCUT2D eigenvalue weighted by Gasteiger charge is -2.02. The van der Waals surface area contributed by atoms with Crippen LogP contribution in [0.5, 0.6) is 0 Å².